The SMILES string of the molecule is CCc1ccc(-c2cccc(N(c3ccc(C(=O)O)c(O)c3)[SH](=O)=O)c2)cc1. The van der Waals surface area contributed by atoms with Crippen LogP contribution >= 0.6 is 0 Å². The van der Waals surface area contributed by atoms with Crippen LogP contribution < -0.4 is 4.31 Å². The molecule has 7 heteroatoms. The Kier molecular flexibility index (Phi) is 5.65. The van der Waals surface area contributed by atoms with Gasteiger partial charge in [0.25, 0.3) is 0 Å². The topological polar surface area (TPSA) is 94.9 Å². The van der Waals surface area contributed by atoms with Crippen LogP contribution in [0.15, 0.2) is 66.7 Å². The summed E-state index contributed by atoms with van der Waals surface area (Å²) in [5.41, 5.74) is 3.23. The molecule has 0 saturated heterocycles. The number of anilines is 2. The van der Waals surface area contributed by atoms with E-state index in [9.17, 15) is 18.3 Å². The first-order valence-corrected chi connectivity index (χ1v) is 9.74. The van der Waals surface area contributed by atoms with Crippen LogP contribution in [-0.4, -0.2) is 24.6 Å². The normalized spacial score (nSPS) is 10.8. The second-order valence-electron chi connectivity index (χ2n) is 6.16. The highest BCUT2D eigenvalue weighted by atomic mass is 32.2. The quantitative estimate of drug-likeness (QED) is 0.547. The van der Waals surface area contributed by atoms with Crippen LogP contribution in [0.3, 0.4) is 0 Å². The lowest BCUT2D eigenvalue weighted by Gasteiger charge is -2.19. The van der Waals surface area contributed by atoms with Gasteiger partial charge in [-0.05, 0) is 47.4 Å². The third kappa shape index (κ3) is 3.99. The highest BCUT2D eigenvalue weighted by Crippen LogP contribution is 2.33. The van der Waals surface area contributed by atoms with Gasteiger partial charge in [-0.2, -0.15) is 0 Å². The Bertz CT molecular complexity index is 1080. The van der Waals surface area contributed by atoms with Gasteiger partial charge in [-0.1, -0.05) is 43.3 Å². The molecular weight excluding hydrogens is 378 g/mol. The third-order valence-electron chi connectivity index (χ3n) is 4.41. The number of aromatic carboxylic acids is 1. The lowest BCUT2D eigenvalue weighted by atomic mass is 10.0. The lowest BCUT2D eigenvalue weighted by Crippen LogP contribution is -2.14. The third-order valence-corrected chi connectivity index (χ3v) is 5.19. The van der Waals surface area contributed by atoms with Crippen LogP contribution in [0.4, 0.5) is 11.4 Å². The number of carboxylic acids is 1. The number of aromatic hydroxyl groups is 1. The van der Waals surface area contributed by atoms with Gasteiger partial charge in [0, 0.05) is 6.07 Å². The van der Waals surface area contributed by atoms with Gasteiger partial charge < -0.3 is 10.2 Å². The smallest absolute Gasteiger partial charge is 0.339 e. The summed E-state index contributed by atoms with van der Waals surface area (Å²) in [5.74, 6) is -1.79. The molecule has 0 saturated carbocycles. The van der Waals surface area contributed by atoms with Gasteiger partial charge in [-0.25, -0.2) is 17.5 Å². The minimum Gasteiger partial charge on any atom is -0.507 e. The predicted octanol–water partition coefficient (Wildman–Crippen LogP) is 3.98. The van der Waals surface area contributed by atoms with Crippen LogP contribution in [0, 0.1) is 0 Å². The maximum Gasteiger partial charge on any atom is 0.339 e. The van der Waals surface area contributed by atoms with Gasteiger partial charge >= 0.3 is 5.97 Å². The average molecular weight is 397 g/mol. The van der Waals surface area contributed by atoms with E-state index in [0.29, 0.717) is 5.69 Å². The maximum absolute atomic E-state index is 11.9. The minimum absolute atomic E-state index is 0.150. The zero-order valence-electron chi connectivity index (χ0n) is 15.1. The minimum atomic E-state index is -3.07. The molecule has 0 radical (unpaired) electrons. The van der Waals surface area contributed by atoms with Crippen LogP contribution in [-0.2, 0) is 17.3 Å². The molecule has 2 N–H and O–H groups in total. The fourth-order valence-corrected chi connectivity index (χ4v) is 3.55. The molecule has 0 fully saturated rings. The van der Waals surface area contributed by atoms with Gasteiger partial charge in [-0.15, -0.1) is 0 Å². The number of hydrogen-bond acceptors (Lipinski definition) is 4. The molecule has 0 heterocycles. The first-order chi connectivity index (χ1) is 13.4. The fraction of sp³-hybridized carbons (Fsp3) is 0.0952. The van der Waals surface area contributed by atoms with Crippen molar-refractivity contribution in [3.63, 3.8) is 0 Å². The number of rotatable bonds is 6. The molecule has 0 bridgehead atoms. The molecule has 0 aliphatic carbocycles. The van der Waals surface area contributed by atoms with E-state index in [0.717, 1.165) is 27.9 Å². The predicted molar refractivity (Wildman–Crippen MR) is 109 cm³/mol. The van der Waals surface area contributed by atoms with E-state index in [1.165, 1.54) is 17.7 Å². The average Bonchev–Trinajstić information content (AvgIpc) is 2.68. The Labute approximate surface area is 164 Å². The molecule has 3 aromatic rings. The zero-order chi connectivity index (χ0) is 20.3. The number of carboxylic acid groups (broad SMARTS) is 1. The van der Waals surface area contributed by atoms with E-state index in [-0.39, 0.29) is 11.3 Å². The van der Waals surface area contributed by atoms with Crippen molar-refractivity contribution >= 4 is 28.2 Å². The van der Waals surface area contributed by atoms with Crippen LogP contribution in [0.25, 0.3) is 11.1 Å². The van der Waals surface area contributed by atoms with Crippen LogP contribution in [0.2, 0.25) is 0 Å². The summed E-state index contributed by atoms with van der Waals surface area (Å²) in [6.07, 6.45) is 0.931. The van der Waals surface area contributed by atoms with Gasteiger partial charge in [0.2, 0.25) is 10.9 Å². The summed E-state index contributed by atoms with van der Waals surface area (Å²) in [6, 6.07) is 18.6. The molecule has 3 rings (SSSR count). The molecule has 0 aliphatic rings. The number of phenols is 1. The highest BCUT2D eigenvalue weighted by Gasteiger charge is 2.17. The van der Waals surface area contributed by atoms with Crippen molar-refractivity contribution in [2.75, 3.05) is 4.31 Å². The Balaban J connectivity index is 2.03. The van der Waals surface area contributed by atoms with Crippen LogP contribution in [0.5, 0.6) is 5.75 Å². The van der Waals surface area contributed by atoms with Crippen molar-refractivity contribution in [2.45, 2.75) is 13.3 Å². The van der Waals surface area contributed by atoms with E-state index in [1.807, 2.05) is 30.3 Å². The van der Waals surface area contributed by atoms with E-state index < -0.39 is 22.6 Å². The van der Waals surface area contributed by atoms with Gasteiger partial charge in [0.15, 0.2) is 0 Å². The number of benzene rings is 3. The van der Waals surface area contributed by atoms with Gasteiger partial charge in [-0.3, -0.25) is 0 Å². The summed E-state index contributed by atoms with van der Waals surface area (Å²) in [5, 5.41) is 18.9. The standard InChI is InChI=1S/C21H19NO5S/c1-2-14-6-8-15(9-7-14)16-4-3-5-17(12-16)22(28(26)27)18-10-11-19(21(24)25)20(23)13-18/h3-13,23,28H,2H2,1H3,(H,24,25). The number of hydrogen-bond donors (Lipinski definition) is 3. The number of carbonyl (C=O) groups is 1. The first kappa shape index (κ1) is 19.4. The second-order valence-corrected chi connectivity index (χ2v) is 7.03. The van der Waals surface area contributed by atoms with Crippen molar-refractivity contribution in [2.24, 2.45) is 0 Å². The first-order valence-electron chi connectivity index (χ1n) is 8.61. The number of aryl methyl sites for hydroxylation is 1. The molecule has 0 amide bonds. The summed E-state index contributed by atoms with van der Waals surface area (Å²) in [6.45, 7) is 2.07. The molecule has 0 atom stereocenters. The molecule has 144 valence electrons. The van der Waals surface area contributed by atoms with E-state index in [2.05, 4.69) is 6.92 Å². The second kappa shape index (κ2) is 8.14. The van der Waals surface area contributed by atoms with Crippen LogP contribution in [0.1, 0.15) is 22.8 Å². The van der Waals surface area contributed by atoms with E-state index in [1.54, 1.807) is 18.2 Å². The Morgan fingerprint density at radius 2 is 1.61 bits per heavy atom. The molecule has 3 aromatic carbocycles. The highest BCUT2D eigenvalue weighted by molar-refractivity contribution is 7.74. The van der Waals surface area contributed by atoms with Crippen molar-refractivity contribution in [1.82, 2.24) is 0 Å². The van der Waals surface area contributed by atoms with E-state index >= 15 is 0 Å². The van der Waals surface area contributed by atoms with Gasteiger partial charge in [0.05, 0.1) is 11.4 Å². The summed E-state index contributed by atoms with van der Waals surface area (Å²) < 4.78 is 24.9. The zero-order valence-corrected chi connectivity index (χ0v) is 16.0. The van der Waals surface area contributed by atoms with Gasteiger partial charge in [0.1, 0.15) is 11.3 Å². The van der Waals surface area contributed by atoms with Crippen molar-refractivity contribution < 1.29 is 23.4 Å². The Hall–Kier alpha value is -3.32. The Morgan fingerprint density at radius 1 is 0.929 bits per heavy atom. The van der Waals surface area contributed by atoms with Crippen molar-refractivity contribution in [1.29, 1.82) is 0 Å². The molecule has 6 nitrogen and oxygen atoms in total. The van der Waals surface area contributed by atoms with Crippen molar-refractivity contribution in [3.05, 3.63) is 77.9 Å². The monoisotopic (exact) mass is 397 g/mol. The summed E-state index contributed by atoms with van der Waals surface area (Å²) >= 11 is 0. The molecule has 0 spiro atoms. The Morgan fingerprint density at radius 3 is 2.18 bits per heavy atom. The molecule has 0 aromatic heterocycles. The molecule has 0 aliphatic heterocycles. The lowest BCUT2D eigenvalue weighted by molar-refractivity contribution is 0.0694. The molecule has 28 heavy (non-hydrogen) atoms. The van der Waals surface area contributed by atoms with E-state index in [4.69, 9.17) is 5.11 Å². The largest absolute Gasteiger partial charge is 0.507 e. The molecule has 0 unspecified atom stereocenters. The summed E-state index contributed by atoms with van der Waals surface area (Å²) in [7, 11) is -3.07. The van der Waals surface area contributed by atoms with Crippen molar-refractivity contribution in [3.8, 4) is 16.9 Å². The number of nitrogens with zero attached hydrogens (tertiary/aromatic N) is 1. The number of thiol groups is 1. The molecular formula is C21H19NO5S. The summed E-state index contributed by atoms with van der Waals surface area (Å²) in [4.78, 5) is 11.1. The maximum atomic E-state index is 11.9. The fourth-order valence-electron chi connectivity index (χ4n) is 2.92.